The maximum absolute atomic E-state index is 12.8. The lowest BCUT2D eigenvalue weighted by Crippen LogP contribution is -2.28. The molecule has 4 rings (SSSR count). The lowest BCUT2D eigenvalue weighted by Gasteiger charge is -2.17. The summed E-state index contributed by atoms with van der Waals surface area (Å²) in [6.07, 6.45) is 2.27. The molecule has 2 heterocycles. The smallest absolute Gasteiger partial charge is 0.337 e. The molecule has 0 aliphatic carbocycles. The Labute approximate surface area is 178 Å². The molecule has 0 spiro atoms. The molecular weight excluding hydrogens is 398 g/mol. The molecule has 7 heteroatoms. The van der Waals surface area contributed by atoms with Gasteiger partial charge >= 0.3 is 5.97 Å². The number of nitrogens with zero attached hydrogens (tertiary/aromatic N) is 3. The van der Waals surface area contributed by atoms with Crippen molar-refractivity contribution in [3.8, 4) is 11.3 Å². The number of carbonyl (C=O) groups is 2. The van der Waals surface area contributed by atoms with Crippen LogP contribution in [0.15, 0.2) is 66.2 Å². The minimum Gasteiger partial charge on any atom is -0.465 e. The van der Waals surface area contributed by atoms with Crippen LogP contribution in [0.3, 0.4) is 0 Å². The molecule has 4 aromatic rings. The van der Waals surface area contributed by atoms with Crippen LogP contribution in [0.25, 0.3) is 16.2 Å². The number of carbonyl (C=O) groups excluding carboxylic acids is 2. The van der Waals surface area contributed by atoms with Gasteiger partial charge in [0.15, 0.2) is 4.96 Å². The topological polar surface area (TPSA) is 63.9 Å². The summed E-state index contributed by atoms with van der Waals surface area (Å²) in [5.74, 6) is -0.357. The molecule has 2 aromatic heterocycles. The Kier molecular flexibility index (Phi) is 5.63. The maximum atomic E-state index is 12.8. The summed E-state index contributed by atoms with van der Waals surface area (Å²) in [6.45, 7) is 0.465. The van der Waals surface area contributed by atoms with E-state index in [2.05, 4.69) is 4.98 Å². The molecular formula is C23H21N3O3S. The van der Waals surface area contributed by atoms with Gasteiger partial charge in [-0.25, -0.2) is 9.78 Å². The standard InChI is InChI=1S/C23H21N3O3S/c1-25(13-16-8-10-18(11-9-16)22(28)29-2)21(27)12-19-15-30-23-24-20(14-26(19)23)17-6-4-3-5-7-17/h3-11,14-15H,12-13H2,1-2H3. The van der Waals surface area contributed by atoms with Crippen molar-refractivity contribution in [3.63, 3.8) is 0 Å². The van der Waals surface area contributed by atoms with Crippen molar-refractivity contribution in [2.75, 3.05) is 14.2 Å². The average Bonchev–Trinajstić information content (AvgIpc) is 3.36. The quantitative estimate of drug-likeness (QED) is 0.442. The van der Waals surface area contributed by atoms with Gasteiger partial charge in [0.25, 0.3) is 0 Å². The lowest BCUT2D eigenvalue weighted by atomic mass is 10.1. The largest absolute Gasteiger partial charge is 0.465 e. The minimum atomic E-state index is -0.373. The average molecular weight is 420 g/mol. The first-order valence-electron chi connectivity index (χ1n) is 9.47. The van der Waals surface area contributed by atoms with E-state index in [-0.39, 0.29) is 11.9 Å². The van der Waals surface area contributed by atoms with Crippen molar-refractivity contribution in [1.82, 2.24) is 14.3 Å². The van der Waals surface area contributed by atoms with Crippen molar-refractivity contribution in [3.05, 3.63) is 83.0 Å². The van der Waals surface area contributed by atoms with Gasteiger partial charge < -0.3 is 9.64 Å². The number of rotatable bonds is 6. The number of thiazole rings is 1. The van der Waals surface area contributed by atoms with Gasteiger partial charge in [-0.15, -0.1) is 11.3 Å². The fourth-order valence-corrected chi connectivity index (χ4v) is 4.09. The summed E-state index contributed by atoms with van der Waals surface area (Å²) in [6, 6.07) is 17.1. The summed E-state index contributed by atoms with van der Waals surface area (Å²) in [7, 11) is 3.14. The first kappa shape index (κ1) is 19.8. The van der Waals surface area contributed by atoms with E-state index in [0.29, 0.717) is 18.5 Å². The van der Waals surface area contributed by atoms with Gasteiger partial charge in [0.2, 0.25) is 5.91 Å². The summed E-state index contributed by atoms with van der Waals surface area (Å²) in [4.78, 5) is 31.5. The fourth-order valence-electron chi connectivity index (χ4n) is 3.22. The minimum absolute atomic E-state index is 0.0155. The Balaban J connectivity index is 1.45. The summed E-state index contributed by atoms with van der Waals surface area (Å²) in [5.41, 5.74) is 4.31. The van der Waals surface area contributed by atoms with Gasteiger partial charge in [-0.05, 0) is 17.7 Å². The van der Waals surface area contributed by atoms with Gasteiger partial charge in [0, 0.05) is 36.4 Å². The molecule has 0 unspecified atom stereocenters. The monoisotopic (exact) mass is 419 g/mol. The van der Waals surface area contributed by atoms with Crippen LogP contribution in [0.5, 0.6) is 0 Å². The van der Waals surface area contributed by atoms with Crippen LogP contribution in [0.2, 0.25) is 0 Å². The van der Waals surface area contributed by atoms with E-state index in [0.717, 1.165) is 27.5 Å². The molecule has 2 aromatic carbocycles. The molecule has 0 aliphatic rings. The Morgan fingerprint density at radius 2 is 1.83 bits per heavy atom. The van der Waals surface area contributed by atoms with E-state index in [1.54, 1.807) is 24.1 Å². The summed E-state index contributed by atoms with van der Waals surface area (Å²) < 4.78 is 6.70. The van der Waals surface area contributed by atoms with Crippen LogP contribution in [0, 0.1) is 0 Å². The fraction of sp³-hybridized carbons (Fsp3) is 0.174. The van der Waals surface area contributed by atoms with Crippen LogP contribution in [0.4, 0.5) is 0 Å². The van der Waals surface area contributed by atoms with Crippen LogP contribution >= 0.6 is 11.3 Å². The van der Waals surface area contributed by atoms with Gasteiger partial charge in [0.1, 0.15) is 0 Å². The van der Waals surface area contributed by atoms with E-state index >= 15 is 0 Å². The van der Waals surface area contributed by atoms with Crippen molar-refractivity contribution in [2.45, 2.75) is 13.0 Å². The number of esters is 1. The molecule has 0 bridgehead atoms. The number of likely N-dealkylation sites (N-methyl/N-ethyl adjacent to an activating group) is 1. The molecule has 0 aliphatic heterocycles. The highest BCUT2D eigenvalue weighted by Crippen LogP contribution is 2.24. The zero-order valence-corrected chi connectivity index (χ0v) is 17.6. The van der Waals surface area contributed by atoms with Crippen LogP contribution in [0.1, 0.15) is 21.6 Å². The van der Waals surface area contributed by atoms with E-state index in [9.17, 15) is 9.59 Å². The normalized spacial score (nSPS) is 10.9. The third-order valence-corrected chi connectivity index (χ3v) is 5.79. The second-order valence-corrected chi connectivity index (χ2v) is 7.82. The number of imidazole rings is 1. The van der Waals surface area contributed by atoms with Crippen molar-refractivity contribution < 1.29 is 14.3 Å². The number of fused-ring (bicyclic) bond motifs is 1. The van der Waals surface area contributed by atoms with Crippen LogP contribution in [-0.4, -0.2) is 40.3 Å². The molecule has 0 saturated carbocycles. The first-order chi connectivity index (χ1) is 14.5. The molecule has 1 amide bonds. The van der Waals surface area contributed by atoms with E-state index in [4.69, 9.17) is 4.74 Å². The second-order valence-electron chi connectivity index (χ2n) is 6.99. The van der Waals surface area contributed by atoms with E-state index < -0.39 is 0 Å². The van der Waals surface area contributed by atoms with E-state index in [1.165, 1.54) is 18.4 Å². The molecule has 152 valence electrons. The zero-order chi connectivity index (χ0) is 21.1. The number of methoxy groups -OCH3 is 1. The Bertz CT molecular complexity index is 1180. The SMILES string of the molecule is COC(=O)c1ccc(CN(C)C(=O)Cc2csc3nc(-c4ccccc4)cn23)cc1. The lowest BCUT2D eigenvalue weighted by molar-refractivity contribution is -0.129. The molecule has 0 N–H and O–H groups in total. The Morgan fingerprint density at radius 3 is 2.53 bits per heavy atom. The molecule has 6 nitrogen and oxygen atoms in total. The van der Waals surface area contributed by atoms with Crippen LogP contribution < -0.4 is 0 Å². The van der Waals surface area contributed by atoms with Gasteiger partial charge in [-0.3, -0.25) is 9.20 Å². The third-order valence-electron chi connectivity index (χ3n) is 4.91. The van der Waals surface area contributed by atoms with Gasteiger partial charge in [-0.2, -0.15) is 0 Å². The van der Waals surface area contributed by atoms with Gasteiger partial charge in [-0.1, -0.05) is 42.5 Å². The Morgan fingerprint density at radius 1 is 1.10 bits per heavy atom. The highest BCUT2D eigenvalue weighted by atomic mass is 32.1. The second kappa shape index (κ2) is 8.51. The number of ether oxygens (including phenoxy) is 1. The molecule has 0 saturated heterocycles. The molecule has 0 fully saturated rings. The number of aromatic nitrogens is 2. The predicted octanol–water partition coefficient (Wildman–Crippen LogP) is 4.05. The van der Waals surface area contributed by atoms with Crippen molar-refractivity contribution in [2.24, 2.45) is 0 Å². The predicted molar refractivity (Wildman–Crippen MR) is 116 cm³/mol. The summed E-state index contributed by atoms with van der Waals surface area (Å²) >= 11 is 1.53. The number of amides is 1. The highest BCUT2D eigenvalue weighted by molar-refractivity contribution is 7.15. The van der Waals surface area contributed by atoms with Crippen LogP contribution in [-0.2, 0) is 22.5 Å². The molecule has 0 atom stereocenters. The number of hydrogen-bond acceptors (Lipinski definition) is 5. The van der Waals surface area contributed by atoms with Crippen molar-refractivity contribution >= 4 is 28.2 Å². The summed E-state index contributed by atoms with van der Waals surface area (Å²) in [5, 5.41) is 1.98. The maximum Gasteiger partial charge on any atom is 0.337 e. The molecule has 30 heavy (non-hydrogen) atoms. The molecule has 0 radical (unpaired) electrons. The van der Waals surface area contributed by atoms with Gasteiger partial charge in [0.05, 0.1) is 24.8 Å². The number of hydrogen-bond donors (Lipinski definition) is 0. The highest BCUT2D eigenvalue weighted by Gasteiger charge is 2.16. The Hall–Kier alpha value is -3.45. The van der Waals surface area contributed by atoms with E-state index in [1.807, 2.05) is 58.4 Å². The third kappa shape index (κ3) is 4.11. The number of benzene rings is 2. The zero-order valence-electron chi connectivity index (χ0n) is 16.7. The first-order valence-corrected chi connectivity index (χ1v) is 10.3. The van der Waals surface area contributed by atoms with Crippen molar-refractivity contribution in [1.29, 1.82) is 0 Å².